The number of imidazole rings is 1. The molecule has 5 heteroatoms. The predicted octanol–water partition coefficient (Wildman–Crippen LogP) is 3.37. The molecule has 0 bridgehead atoms. The standard InChI is InChI=1S/C15H20BrN3O/c1-15(17)5-3-10(4-6-15)20-11-7-12(16)14-13(8-11)19(2)9-18-14/h7-10H,3-6,17H2,1-2H3/t10-,15+. The highest BCUT2D eigenvalue weighted by Crippen LogP contribution is 2.32. The molecule has 4 nitrogen and oxygen atoms in total. The van der Waals surface area contributed by atoms with Crippen LogP contribution in [-0.2, 0) is 7.05 Å². The first kappa shape index (κ1) is 13.9. The van der Waals surface area contributed by atoms with Gasteiger partial charge in [0.15, 0.2) is 0 Å². The van der Waals surface area contributed by atoms with Crippen molar-refractivity contribution in [3.8, 4) is 5.75 Å². The molecular formula is C15H20BrN3O. The van der Waals surface area contributed by atoms with Crippen molar-refractivity contribution in [3.63, 3.8) is 0 Å². The molecule has 0 unspecified atom stereocenters. The van der Waals surface area contributed by atoms with Crippen LogP contribution in [0.1, 0.15) is 32.6 Å². The molecule has 1 aromatic heterocycles. The monoisotopic (exact) mass is 337 g/mol. The fourth-order valence-electron chi connectivity index (χ4n) is 2.79. The molecule has 0 aliphatic heterocycles. The number of aryl methyl sites for hydroxylation is 1. The van der Waals surface area contributed by atoms with Crippen LogP contribution in [0.4, 0.5) is 0 Å². The summed E-state index contributed by atoms with van der Waals surface area (Å²) < 4.78 is 9.12. The van der Waals surface area contributed by atoms with Crippen LogP contribution >= 0.6 is 15.9 Å². The van der Waals surface area contributed by atoms with Crippen LogP contribution in [0.3, 0.4) is 0 Å². The van der Waals surface area contributed by atoms with Crippen molar-refractivity contribution < 1.29 is 4.74 Å². The number of halogens is 1. The Morgan fingerprint density at radius 1 is 1.40 bits per heavy atom. The van der Waals surface area contributed by atoms with Gasteiger partial charge in [0.2, 0.25) is 0 Å². The molecule has 0 spiro atoms. The van der Waals surface area contributed by atoms with E-state index >= 15 is 0 Å². The highest BCUT2D eigenvalue weighted by Gasteiger charge is 2.28. The van der Waals surface area contributed by atoms with Crippen molar-refractivity contribution in [2.45, 2.75) is 44.2 Å². The van der Waals surface area contributed by atoms with E-state index in [9.17, 15) is 0 Å². The van der Waals surface area contributed by atoms with E-state index in [1.165, 1.54) is 0 Å². The molecule has 1 aliphatic carbocycles. The van der Waals surface area contributed by atoms with Crippen molar-refractivity contribution in [1.29, 1.82) is 0 Å². The quantitative estimate of drug-likeness (QED) is 0.913. The zero-order valence-corrected chi connectivity index (χ0v) is 13.5. The summed E-state index contributed by atoms with van der Waals surface area (Å²) in [4.78, 5) is 4.37. The second-order valence-corrected chi connectivity index (χ2v) is 6.95. The van der Waals surface area contributed by atoms with Crippen LogP contribution in [0, 0.1) is 0 Å². The van der Waals surface area contributed by atoms with Gasteiger partial charge in [0.05, 0.1) is 17.9 Å². The third-order valence-electron chi connectivity index (χ3n) is 4.13. The van der Waals surface area contributed by atoms with Crippen LogP contribution in [0.15, 0.2) is 22.9 Å². The second kappa shape index (κ2) is 5.04. The molecule has 0 amide bonds. The normalized spacial score (nSPS) is 26.9. The van der Waals surface area contributed by atoms with Crippen molar-refractivity contribution in [2.24, 2.45) is 12.8 Å². The van der Waals surface area contributed by atoms with E-state index in [-0.39, 0.29) is 11.6 Å². The summed E-state index contributed by atoms with van der Waals surface area (Å²) in [5.74, 6) is 0.901. The van der Waals surface area contributed by atoms with Gasteiger partial charge >= 0.3 is 0 Å². The van der Waals surface area contributed by atoms with Crippen molar-refractivity contribution >= 4 is 27.0 Å². The van der Waals surface area contributed by atoms with Gasteiger partial charge < -0.3 is 15.0 Å². The first-order chi connectivity index (χ1) is 9.44. The fourth-order valence-corrected chi connectivity index (χ4v) is 3.32. The van der Waals surface area contributed by atoms with E-state index in [0.717, 1.165) is 46.9 Å². The van der Waals surface area contributed by atoms with Crippen LogP contribution in [0.25, 0.3) is 11.0 Å². The third kappa shape index (κ3) is 2.69. The number of aromatic nitrogens is 2. The van der Waals surface area contributed by atoms with Gasteiger partial charge in [-0.05, 0) is 54.6 Å². The number of nitrogens with zero attached hydrogens (tertiary/aromatic N) is 2. The summed E-state index contributed by atoms with van der Waals surface area (Å²) in [6.45, 7) is 2.13. The summed E-state index contributed by atoms with van der Waals surface area (Å²) in [6, 6.07) is 4.06. The lowest BCUT2D eigenvalue weighted by atomic mass is 9.83. The summed E-state index contributed by atoms with van der Waals surface area (Å²) in [5, 5.41) is 0. The molecule has 3 rings (SSSR count). The van der Waals surface area contributed by atoms with Crippen molar-refractivity contribution in [1.82, 2.24) is 9.55 Å². The van der Waals surface area contributed by atoms with Crippen LogP contribution in [0.5, 0.6) is 5.75 Å². The maximum atomic E-state index is 6.16. The number of rotatable bonds is 2. The van der Waals surface area contributed by atoms with Gasteiger partial charge in [-0.2, -0.15) is 0 Å². The fraction of sp³-hybridized carbons (Fsp3) is 0.533. The summed E-state index contributed by atoms with van der Waals surface area (Å²) in [5.41, 5.74) is 8.19. The average molecular weight is 338 g/mol. The first-order valence-electron chi connectivity index (χ1n) is 7.01. The maximum Gasteiger partial charge on any atom is 0.123 e. The van der Waals surface area contributed by atoms with Gasteiger partial charge in [-0.1, -0.05) is 0 Å². The SMILES string of the molecule is Cn1cnc2c(Br)cc(O[C@H]3CC[C@@](C)(N)CC3)cc21. The van der Waals surface area contributed by atoms with Crippen LogP contribution < -0.4 is 10.5 Å². The van der Waals surface area contributed by atoms with Gasteiger partial charge in [0, 0.05) is 23.1 Å². The summed E-state index contributed by atoms with van der Waals surface area (Å²) >= 11 is 3.57. The lowest BCUT2D eigenvalue weighted by Gasteiger charge is -2.34. The Labute approximate surface area is 127 Å². The molecule has 1 heterocycles. The molecule has 20 heavy (non-hydrogen) atoms. The zero-order valence-electron chi connectivity index (χ0n) is 11.9. The van der Waals surface area contributed by atoms with E-state index in [1.54, 1.807) is 0 Å². The Morgan fingerprint density at radius 3 is 2.80 bits per heavy atom. The summed E-state index contributed by atoms with van der Waals surface area (Å²) in [6.07, 6.45) is 6.17. The minimum atomic E-state index is -0.0214. The molecule has 0 atom stereocenters. The van der Waals surface area contributed by atoms with E-state index in [2.05, 4.69) is 33.9 Å². The minimum absolute atomic E-state index is 0.0214. The first-order valence-corrected chi connectivity index (χ1v) is 7.80. The maximum absolute atomic E-state index is 6.16. The Bertz CT molecular complexity index is 625. The summed E-state index contributed by atoms with van der Waals surface area (Å²) in [7, 11) is 1.99. The molecule has 2 aromatic rings. The molecule has 1 aliphatic rings. The largest absolute Gasteiger partial charge is 0.490 e. The van der Waals surface area contributed by atoms with Gasteiger partial charge in [0.25, 0.3) is 0 Å². The highest BCUT2D eigenvalue weighted by molar-refractivity contribution is 9.10. The topological polar surface area (TPSA) is 53.1 Å². The Hall–Kier alpha value is -1.07. The predicted molar refractivity (Wildman–Crippen MR) is 83.9 cm³/mol. The number of hydrogen-bond acceptors (Lipinski definition) is 3. The second-order valence-electron chi connectivity index (χ2n) is 6.10. The van der Waals surface area contributed by atoms with Gasteiger partial charge in [0.1, 0.15) is 11.3 Å². The van der Waals surface area contributed by atoms with Gasteiger partial charge in [-0.25, -0.2) is 4.98 Å². The van der Waals surface area contributed by atoms with Crippen molar-refractivity contribution in [2.75, 3.05) is 0 Å². The molecule has 0 radical (unpaired) electrons. The number of ether oxygens (including phenoxy) is 1. The Morgan fingerprint density at radius 2 is 2.10 bits per heavy atom. The van der Waals surface area contributed by atoms with Gasteiger partial charge in [-0.3, -0.25) is 0 Å². The lowest BCUT2D eigenvalue weighted by molar-refractivity contribution is 0.124. The smallest absolute Gasteiger partial charge is 0.123 e. The molecule has 0 saturated heterocycles. The number of nitrogens with two attached hydrogens (primary N) is 1. The third-order valence-corrected chi connectivity index (χ3v) is 4.74. The van der Waals surface area contributed by atoms with Crippen LogP contribution in [-0.4, -0.2) is 21.2 Å². The number of hydrogen-bond donors (Lipinski definition) is 1. The molecule has 1 aromatic carbocycles. The number of benzene rings is 1. The van der Waals surface area contributed by atoms with Crippen LogP contribution in [0.2, 0.25) is 0 Å². The van der Waals surface area contributed by atoms with E-state index < -0.39 is 0 Å². The highest BCUT2D eigenvalue weighted by atomic mass is 79.9. The van der Waals surface area contributed by atoms with Crippen molar-refractivity contribution in [3.05, 3.63) is 22.9 Å². The van der Waals surface area contributed by atoms with Gasteiger partial charge in [-0.15, -0.1) is 0 Å². The molecule has 1 fully saturated rings. The average Bonchev–Trinajstić information content (AvgIpc) is 2.75. The number of fused-ring (bicyclic) bond motifs is 1. The van der Waals surface area contributed by atoms with E-state index in [1.807, 2.05) is 24.0 Å². The zero-order chi connectivity index (χ0) is 14.3. The molecule has 108 valence electrons. The molecule has 1 saturated carbocycles. The van der Waals surface area contributed by atoms with E-state index in [0.29, 0.717) is 0 Å². The van der Waals surface area contributed by atoms with E-state index in [4.69, 9.17) is 10.5 Å². The Kier molecular flexibility index (Phi) is 3.50. The molecule has 2 N–H and O–H groups in total. The minimum Gasteiger partial charge on any atom is -0.490 e. The lowest BCUT2D eigenvalue weighted by Crippen LogP contribution is -2.42. The Balaban J connectivity index is 1.79. The molecular weight excluding hydrogens is 318 g/mol.